The Morgan fingerprint density at radius 2 is 2.17 bits per heavy atom. The van der Waals surface area contributed by atoms with Crippen molar-refractivity contribution in [1.82, 2.24) is 0 Å². The summed E-state index contributed by atoms with van der Waals surface area (Å²) in [7, 11) is 0. The molecule has 1 aromatic carbocycles. The number of hydrogen-bond donors (Lipinski definition) is 1. The number of fused-ring (bicyclic) bond motifs is 2. The van der Waals surface area contributed by atoms with E-state index in [2.05, 4.69) is 21.2 Å². The van der Waals surface area contributed by atoms with Crippen molar-refractivity contribution in [2.24, 2.45) is 17.8 Å². The number of amides is 1. The van der Waals surface area contributed by atoms with Crippen LogP contribution >= 0.6 is 15.9 Å². The maximum Gasteiger partial charge on any atom is 0.227 e. The van der Waals surface area contributed by atoms with E-state index in [1.807, 2.05) is 25.1 Å². The summed E-state index contributed by atoms with van der Waals surface area (Å²) < 4.78 is 1.08. The Morgan fingerprint density at radius 3 is 2.78 bits per heavy atom. The van der Waals surface area contributed by atoms with Crippen molar-refractivity contribution >= 4 is 27.5 Å². The number of anilines is 1. The second-order valence-corrected chi connectivity index (χ2v) is 6.59. The number of aryl methyl sites for hydroxylation is 1. The third kappa shape index (κ3) is 2.20. The molecule has 0 aliphatic heterocycles. The van der Waals surface area contributed by atoms with E-state index < -0.39 is 0 Å². The molecule has 3 unspecified atom stereocenters. The molecule has 3 atom stereocenters. The number of carbonyl (C=O) groups excluding carboxylic acids is 1. The van der Waals surface area contributed by atoms with Gasteiger partial charge in [0.05, 0.1) is 0 Å². The van der Waals surface area contributed by atoms with Gasteiger partial charge >= 0.3 is 0 Å². The molecule has 0 spiro atoms. The van der Waals surface area contributed by atoms with Gasteiger partial charge in [0.2, 0.25) is 5.91 Å². The van der Waals surface area contributed by atoms with Crippen LogP contribution in [-0.4, -0.2) is 5.91 Å². The zero-order valence-corrected chi connectivity index (χ0v) is 12.2. The maximum absolute atomic E-state index is 12.3. The predicted molar refractivity (Wildman–Crippen MR) is 76.4 cm³/mol. The van der Waals surface area contributed by atoms with E-state index in [4.69, 9.17) is 0 Å². The lowest BCUT2D eigenvalue weighted by atomic mass is 9.88. The minimum atomic E-state index is 0.226. The Bertz CT molecular complexity index is 485. The van der Waals surface area contributed by atoms with Crippen LogP contribution in [0, 0.1) is 24.7 Å². The van der Waals surface area contributed by atoms with Gasteiger partial charge in [-0.05, 0) is 61.8 Å². The fraction of sp³-hybridized carbons (Fsp3) is 0.533. The summed E-state index contributed by atoms with van der Waals surface area (Å²) in [5.41, 5.74) is 2.07. The summed E-state index contributed by atoms with van der Waals surface area (Å²) in [6.45, 7) is 2.04. The molecule has 96 valence electrons. The van der Waals surface area contributed by atoms with Gasteiger partial charge in [0, 0.05) is 16.1 Å². The van der Waals surface area contributed by atoms with Gasteiger partial charge in [0.15, 0.2) is 0 Å². The third-order valence-corrected chi connectivity index (χ3v) is 5.39. The van der Waals surface area contributed by atoms with Crippen LogP contribution in [-0.2, 0) is 4.79 Å². The number of rotatable bonds is 2. The summed E-state index contributed by atoms with van der Waals surface area (Å²) in [6, 6.07) is 5.98. The monoisotopic (exact) mass is 307 g/mol. The van der Waals surface area contributed by atoms with Crippen LogP contribution < -0.4 is 5.32 Å². The highest BCUT2D eigenvalue weighted by Crippen LogP contribution is 2.48. The first-order chi connectivity index (χ1) is 8.63. The fourth-order valence-electron chi connectivity index (χ4n) is 3.52. The first-order valence-corrected chi connectivity index (χ1v) is 7.50. The standard InChI is InChI=1S/C15H18BrNO/c1-9-6-12(4-5-14(9)16)17-15(18)13-8-10-2-3-11(13)7-10/h4-6,10-11,13H,2-3,7-8H2,1H3,(H,17,18). The van der Waals surface area contributed by atoms with Gasteiger partial charge in [-0.1, -0.05) is 22.4 Å². The topological polar surface area (TPSA) is 29.1 Å². The Morgan fingerprint density at radius 1 is 1.33 bits per heavy atom. The molecule has 0 heterocycles. The highest BCUT2D eigenvalue weighted by molar-refractivity contribution is 9.10. The van der Waals surface area contributed by atoms with Crippen LogP contribution in [0.25, 0.3) is 0 Å². The molecule has 1 amide bonds. The van der Waals surface area contributed by atoms with E-state index >= 15 is 0 Å². The minimum absolute atomic E-state index is 0.226. The number of hydrogen-bond acceptors (Lipinski definition) is 1. The highest BCUT2D eigenvalue weighted by atomic mass is 79.9. The van der Waals surface area contributed by atoms with Crippen LogP contribution in [0.2, 0.25) is 0 Å². The first-order valence-electron chi connectivity index (χ1n) is 6.70. The van der Waals surface area contributed by atoms with Crippen molar-refractivity contribution in [1.29, 1.82) is 0 Å². The minimum Gasteiger partial charge on any atom is -0.326 e. The van der Waals surface area contributed by atoms with Gasteiger partial charge in [-0.3, -0.25) is 4.79 Å². The second kappa shape index (κ2) is 4.69. The van der Waals surface area contributed by atoms with Gasteiger partial charge in [-0.15, -0.1) is 0 Å². The Labute approximate surface area is 116 Å². The summed E-state index contributed by atoms with van der Waals surface area (Å²) in [5.74, 6) is 1.94. The lowest BCUT2D eigenvalue weighted by molar-refractivity contribution is -0.121. The third-order valence-electron chi connectivity index (χ3n) is 4.50. The summed E-state index contributed by atoms with van der Waals surface area (Å²) >= 11 is 3.48. The molecule has 2 aliphatic carbocycles. The zero-order valence-electron chi connectivity index (χ0n) is 10.6. The summed E-state index contributed by atoms with van der Waals surface area (Å²) in [6.07, 6.45) is 4.97. The molecule has 1 aromatic rings. The molecule has 1 N–H and O–H groups in total. The Balaban J connectivity index is 1.69. The molecular weight excluding hydrogens is 290 g/mol. The van der Waals surface area contributed by atoms with Crippen molar-refractivity contribution in [2.45, 2.75) is 32.6 Å². The van der Waals surface area contributed by atoms with Gasteiger partial charge in [0.1, 0.15) is 0 Å². The zero-order chi connectivity index (χ0) is 12.7. The molecule has 2 fully saturated rings. The number of carbonyl (C=O) groups is 1. The molecule has 3 heteroatoms. The number of nitrogens with one attached hydrogen (secondary N) is 1. The molecule has 3 rings (SSSR count). The Kier molecular flexibility index (Phi) is 3.18. The average Bonchev–Trinajstić information content (AvgIpc) is 2.96. The van der Waals surface area contributed by atoms with E-state index in [0.717, 1.165) is 28.1 Å². The van der Waals surface area contributed by atoms with Crippen LogP contribution in [0.5, 0.6) is 0 Å². The van der Waals surface area contributed by atoms with Crippen LogP contribution in [0.4, 0.5) is 5.69 Å². The number of benzene rings is 1. The van der Waals surface area contributed by atoms with Crippen molar-refractivity contribution in [3.05, 3.63) is 28.2 Å². The molecule has 0 aromatic heterocycles. The van der Waals surface area contributed by atoms with E-state index in [9.17, 15) is 4.79 Å². The molecular formula is C15H18BrNO. The van der Waals surface area contributed by atoms with Crippen molar-refractivity contribution in [2.75, 3.05) is 5.32 Å². The molecule has 2 saturated carbocycles. The van der Waals surface area contributed by atoms with Crippen molar-refractivity contribution in [3.8, 4) is 0 Å². The van der Waals surface area contributed by atoms with Crippen molar-refractivity contribution in [3.63, 3.8) is 0 Å². The fourth-order valence-corrected chi connectivity index (χ4v) is 3.77. The predicted octanol–water partition coefficient (Wildman–Crippen LogP) is 4.13. The van der Waals surface area contributed by atoms with Crippen LogP contribution in [0.15, 0.2) is 22.7 Å². The van der Waals surface area contributed by atoms with Gasteiger partial charge in [-0.2, -0.15) is 0 Å². The molecule has 2 aliphatic rings. The van der Waals surface area contributed by atoms with E-state index in [1.54, 1.807) is 0 Å². The summed E-state index contributed by atoms with van der Waals surface area (Å²) in [5, 5.41) is 3.08. The molecule has 0 radical (unpaired) electrons. The number of halogens is 1. The lowest BCUT2D eigenvalue weighted by Crippen LogP contribution is -2.27. The molecule has 18 heavy (non-hydrogen) atoms. The van der Waals surface area contributed by atoms with Gasteiger partial charge in [0.25, 0.3) is 0 Å². The molecule has 2 bridgehead atoms. The van der Waals surface area contributed by atoms with Gasteiger partial charge in [-0.25, -0.2) is 0 Å². The van der Waals surface area contributed by atoms with Gasteiger partial charge < -0.3 is 5.32 Å². The van der Waals surface area contributed by atoms with E-state index in [1.165, 1.54) is 19.3 Å². The van der Waals surface area contributed by atoms with Crippen LogP contribution in [0.1, 0.15) is 31.2 Å². The smallest absolute Gasteiger partial charge is 0.227 e. The summed E-state index contributed by atoms with van der Waals surface area (Å²) in [4.78, 5) is 12.3. The average molecular weight is 308 g/mol. The van der Waals surface area contributed by atoms with Crippen LogP contribution in [0.3, 0.4) is 0 Å². The quantitative estimate of drug-likeness (QED) is 0.874. The molecule has 2 nitrogen and oxygen atoms in total. The normalized spacial score (nSPS) is 29.6. The SMILES string of the molecule is Cc1cc(NC(=O)C2CC3CCC2C3)ccc1Br. The molecule has 0 saturated heterocycles. The van der Waals surface area contributed by atoms with E-state index in [0.29, 0.717) is 5.92 Å². The Hall–Kier alpha value is -0.830. The first kappa shape index (κ1) is 12.2. The van der Waals surface area contributed by atoms with Crippen molar-refractivity contribution < 1.29 is 4.79 Å². The highest BCUT2D eigenvalue weighted by Gasteiger charge is 2.42. The van der Waals surface area contributed by atoms with E-state index in [-0.39, 0.29) is 11.8 Å². The lowest BCUT2D eigenvalue weighted by Gasteiger charge is -2.21. The second-order valence-electron chi connectivity index (χ2n) is 5.73. The largest absolute Gasteiger partial charge is 0.326 e. The maximum atomic E-state index is 12.3.